The Kier molecular flexibility index (Phi) is 4.32. The average Bonchev–Trinajstić information content (AvgIpc) is 2.79. The predicted molar refractivity (Wildman–Crippen MR) is 85.1 cm³/mol. The van der Waals surface area contributed by atoms with Crippen molar-refractivity contribution in [1.82, 2.24) is 14.9 Å². The molecule has 0 saturated carbocycles. The van der Waals surface area contributed by atoms with Gasteiger partial charge in [0.2, 0.25) is 5.91 Å². The van der Waals surface area contributed by atoms with Gasteiger partial charge in [0.1, 0.15) is 0 Å². The fraction of sp³-hybridized carbons (Fsp3) is 0.500. The normalized spacial score (nSPS) is 14.3. The van der Waals surface area contributed by atoms with Gasteiger partial charge in [-0.2, -0.15) is 0 Å². The number of likely N-dealkylation sites (N-methyl/N-ethyl adjacent to an activating group) is 1. The van der Waals surface area contributed by atoms with E-state index in [2.05, 4.69) is 40.8 Å². The van der Waals surface area contributed by atoms with Crippen LogP contribution in [-0.4, -0.2) is 27.5 Å². The van der Waals surface area contributed by atoms with Crippen LogP contribution in [0.3, 0.4) is 0 Å². The van der Waals surface area contributed by atoms with Gasteiger partial charge < -0.3 is 15.6 Å². The summed E-state index contributed by atoms with van der Waals surface area (Å²) in [6.07, 6.45) is 2.46. The minimum atomic E-state index is -0.689. The van der Waals surface area contributed by atoms with Gasteiger partial charge in [-0.1, -0.05) is 6.92 Å². The molecule has 5 nitrogen and oxygen atoms in total. The molecule has 0 aliphatic heterocycles. The van der Waals surface area contributed by atoms with Crippen LogP contribution in [0, 0.1) is 13.8 Å². The summed E-state index contributed by atoms with van der Waals surface area (Å²) in [5.41, 5.74) is 9.41. The zero-order valence-electron chi connectivity index (χ0n) is 13.2. The number of benzene rings is 1. The zero-order valence-corrected chi connectivity index (χ0v) is 13.2. The Morgan fingerprint density at radius 1 is 1.38 bits per heavy atom. The Hall–Kier alpha value is -1.88. The van der Waals surface area contributed by atoms with Crippen LogP contribution in [0.2, 0.25) is 0 Å². The van der Waals surface area contributed by atoms with Crippen molar-refractivity contribution in [2.45, 2.75) is 46.2 Å². The van der Waals surface area contributed by atoms with Crippen LogP contribution in [0.1, 0.15) is 31.4 Å². The van der Waals surface area contributed by atoms with E-state index in [0.717, 1.165) is 11.0 Å². The number of amides is 1. The molecule has 5 heteroatoms. The number of rotatable bonds is 6. The molecule has 0 aliphatic carbocycles. The van der Waals surface area contributed by atoms with E-state index in [9.17, 15) is 4.79 Å². The van der Waals surface area contributed by atoms with Gasteiger partial charge in [0.05, 0.1) is 22.9 Å². The number of aromatic nitrogens is 2. The lowest BCUT2D eigenvalue weighted by Gasteiger charge is -2.27. The first-order chi connectivity index (χ1) is 9.87. The highest BCUT2D eigenvalue weighted by atomic mass is 16.1. The topological polar surface area (TPSA) is 72.9 Å². The molecule has 2 rings (SSSR count). The molecule has 1 heterocycles. The molecule has 1 amide bonds. The fourth-order valence-corrected chi connectivity index (χ4v) is 2.52. The van der Waals surface area contributed by atoms with Crippen LogP contribution in [-0.2, 0) is 11.3 Å². The number of hydrogen-bond acceptors (Lipinski definition) is 3. The summed E-state index contributed by atoms with van der Waals surface area (Å²) in [6.45, 7) is 9.42. The van der Waals surface area contributed by atoms with Crippen molar-refractivity contribution < 1.29 is 4.79 Å². The number of primary amides is 1. The molecule has 0 saturated heterocycles. The van der Waals surface area contributed by atoms with E-state index >= 15 is 0 Å². The maximum Gasteiger partial charge on any atom is 0.237 e. The molecule has 0 bridgehead atoms. The van der Waals surface area contributed by atoms with Gasteiger partial charge in [-0.15, -0.1) is 0 Å². The van der Waals surface area contributed by atoms with Crippen molar-refractivity contribution in [3.05, 3.63) is 29.6 Å². The third-order valence-corrected chi connectivity index (χ3v) is 4.20. The zero-order chi connectivity index (χ0) is 15.6. The molecular weight excluding hydrogens is 264 g/mol. The monoisotopic (exact) mass is 288 g/mol. The molecule has 1 aromatic heterocycles. The highest BCUT2D eigenvalue weighted by molar-refractivity contribution is 5.84. The third kappa shape index (κ3) is 3.08. The predicted octanol–water partition coefficient (Wildman–Crippen LogP) is 1.90. The van der Waals surface area contributed by atoms with Crippen molar-refractivity contribution in [2.75, 3.05) is 6.54 Å². The number of fused-ring (bicyclic) bond motifs is 1. The first-order valence-electron chi connectivity index (χ1n) is 7.34. The Morgan fingerprint density at radius 2 is 2.05 bits per heavy atom. The lowest BCUT2D eigenvalue weighted by Crippen LogP contribution is -2.53. The second kappa shape index (κ2) is 5.85. The van der Waals surface area contributed by atoms with E-state index in [4.69, 9.17) is 5.73 Å². The highest BCUT2D eigenvalue weighted by Crippen LogP contribution is 2.20. The molecular formula is C16H24N4O. The first kappa shape index (κ1) is 15.5. The number of hydrogen-bond donors (Lipinski definition) is 2. The second-order valence-corrected chi connectivity index (χ2v) is 5.84. The molecule has 21 heavy (non-hydrogen) atoms. The largest absolute Gasteiger partial charge is 0.368 e. The Labute approximate surface area is 125 Å². The minimum absolute atomic E-state index is 0.319. The molecule has 1 aromatic carbocycles. The van der Waals surface area contributed by atoms with Crippen molar-refractivity contribution >= 4 is 16.9 Å². The number of carbonyl (C=O) groups is 1. The molecule has 1 atom stereocenters. The summed E-state index contributed by atoms with van der Waals surface area (Å²) in [7, 11) is 0. The minimum Gasteiger partial charge on any atom is -0.368 e. The van der Waals surface area contributed by atoms with Crippen molar-refractivity contribution in [2.24, 2.45) is 5.73 Å². The lowest BCUT2D eigenvalue weighted by atomic mass is 9.97. The lowest BCUT2D eigenvalue weighted by molar-refractivity contribution is -0.124. The maximum atomic E-state index is 11.7. The molecule has 2 aromatic rings. The van der Waals surface area contributed by atoms with E-state index in [1.54, 1.807) is 0 Å². The third-order valence-electron chi connectivity index (χ3n) is 4.20. The van der Waals surface area contributed by atoms with Crippen molar-refractivity contribution in [3.63, 3.8) is 0 Å². The van der Waals surface area contributed by atoms with E-state index in [1.807, 2.05) is 20.2 Å². The fourth-order valence-electron chi connectivity index (χ4n) is 2.52. The van der Waals surface area contributed by atoms with Gasteiger partial charge in [0.25, 0.3) is 0 Å². The average molecular weight is 288 g/mol. The number of nitrogens with one attached hydrogen (secondary N) is 1. The van der Waals surface area contributed by atoms with Crippen LogP contribution in [0.15, 0.2) is 18.5 Å². The van der Waals surface area contributed by atoms with Gasteiger partial charge >= 0.3 is 0 Å². The standard InChI is InChI=1S/C16H24N4O/c1-5-19-16(4,15(17)21)6-7-20-10-18-13-8-11(2)12(3)9-14(13)20/h8-10,19H,5-7H2,1-4H3,(H2,17,21). The van der Waals surface area contributed by atoms with Crippen molar-refractivity contribution in [3.8, 4) is 0 Å². The summed E-state index contributed by atoms with van der Waals surface area (Å²) in [4.78, 5) is 16.1. The SMILES string of the molecule is CCNC(C)(CCn1cnc2cc(C)c(C)cc21)C(N)=O. The number of aryl methyl sites for hydroxylation is 3. The smallest absolute Gasteiger partial charge is 0.237 e. The Morgan fingerprint density at radius 3 is 2.67 bits per heavy atom. The highest BCUT2D eigenvalue weighted by Gasteiger charge is 2.29. The van der Waals surface area contributed by atoms with Crippen LogP contribution >= 0.6 is 0 Å². The molecule has 1 unspecified atom stereocenters. The van der Waals surface area contributed by atoms with Crippen molar-refractivity contribution in [1.29, 1.82) is 0 Å². The Balaban J connectivity index is 2.24. The van der Waals surface area contributed by atoms with Gasteiger partial charge in [0.15, 0.2) is 0 Å². The Bertz CT molecular complexity index is 662. The van der Waals surface area contributed by atoms with E-state index in [0.29, 0.717) is 19.5 Å². The van der Waals surface area contributed by atoms with Gasteiger partial charge in [0, 0.05) is 6.54 Å². The molecule has 3 N–H and O–H groups in total. The van der Waals surface area contributed by atoms with Crippen LogP contribution in [0.25, 0.3) is 11.0 Å². The first-order valence-corrected chi connectivity index (χ1v) is 7.34. The molecule has 0 spiro atoms. The summed E-state index contributed by atoms with van der Waals surface area (Å²) in [5.74, 6) is -0.319. The number of nitrogens with two attached hydrogens (primary N) is 1. The number of nitrogens with zero attached hydrogens (tertiary/aromatic N) is 2. The molecule has 0 aliphatic rings. The summed E-state index contributed by atoms with van der Waals surface area (Å²) in [5, 5.41) is 3.18. The summed E-state index contributed by atoms with van der Waals surface area (Å²) in [6, 6.07) is 4.24. The van der Waals surface area contributed by atoms with Crippen LogP contribution < -0.4 is 11.1 Å². The van der Waals surface area contributed by atoms with Gasteiger partial charge in [-0.3, -0.25) is 4.79 Å². The second-order valence-electron chi connectivity index (χ2n) is 5.84. The van der Waals surface area contributed by atoms with Crippen LogP contribution in [0.4, 0.5) is 0 Å². The summed E-state index contributed by atoms with van der Waals surface area (Å²) < 4.78 is 2.08. The molecule has 0 fully saturated rings. The molecule has 0 radical (unpaired) electrons. The van der Waals surface area contributed by atoms with Crippen LogP contribution in [0.5, 0.6) is 0 Å². The van der Waals surface area contributed by atoms with Gasteiger partial charge in [-0.25, -0.2) is 4.98 Å². The number of imidazole rings is 1. The van der Waals surface area contributed by atoms with E-state index < -0.39 is 5.54 Å². The molecule has 114 valence electrons. The number of carbonyl (C=O) groups excluding carboxylic acids is 1. The van der Waals surface area contributed by atoms with E-state index in [-0.39, 0.29) is 5.91 Å². The van der Waals surface area contributed by atoms with E-state index in [1.165, 1.54) is 11.1 Å². The van der Waals surface area contributed by atoms with Gasteiger partial charge in [-0.05, 0) is 57.0 Å². The maximum absolute atomic E-state index is 11.7. The quantitative estimate of drug-likeness (QED) is 0.852. The summed E-state index contributed by atoms with van der Waals surface area (Å²) >= 11 is 0.